The maximum absolute atomic E-state index is 5.83. The van der Waals surface area contributed by atoms with Gasteiger partial charge >= 0.3 is 36.9 Å². The third-order valence-electron chi connectivity index (χ3n) is 1.65. The van der Waals surface area contributed by atoms with Crippen molar-refractivity contribution in [3.05, 3.63) is 0 Å². The van der Waals surface area contributed by atoms with E-state index in [1.54, 1.807) is 0 Å². The fourth-order valence-electron chi connectivity index (χ4n) is 1.15. The summed E-state index contributed by atoms with van der Waals surface area (Å²) >= 11 is 0. The van der Waals surface area contributed by atoms with Gasteiger partial charge in [0.2, 0.25) is 0 Å². The van der Waals surface area contributed by atoms with Crippen LogP contribution in [0.15, 0.2) is 0 Å². The first-order valence-corrected chi connectivity index (χ1v) is 5.98. The van der Waals surface area contributed by atoms with Crippen LogP contribution >= 0.6 is 0 Å². The monoisotopic (exact) mass is 254 g/mol. The number of rotatable bonds is 3. The minimum absolute atomic E-state index is 0. The van der Waals surface area contributed by atoms with E-state index in [2.05, 4.69) is 0 Å². The molecule has 3 nitrogen and oxygen atoms in total. The van der Waals surface area contributed by atoms with Gasteiger partial charge in [0.25, 0.3) is 0 Å². The van der Waals surface area contributed by atoms with Gasteiger partial charge in [0.1, 0.15) is 0 Å². The minimum atomic E-state index is -1.52. The zero-order chi connectivity index (χ0) is 13.2. The Kier molecular flexibility index (Phi) is 8.25. The molecule has 0 N–H and O–H groups in total. The summed E-state index contributed by atoms with van der Waals surface area (Å²) in [5, 5.41) is 0. The van der Waals surface area contributed by atoms with Crippen molar-refractivity contribution >= 4 is 7.32 Å². The first-order valence-electron chi connectivity index (χ1n) is 5.98. The molecule has 17 heavy (non-hydrogen) atoms. The van der Waals surface area contributed by atoms with E-state index in [4.69, 9.17) is 14.0 Å². The summed E-state index contributed by atoms with van der Waals surface area (Å²) in [6, 6.07) is 0. The largest absolute Gasteiger partial charge is 1.00 e. The molecule has 0 aliphatic heterocycles. The fourth-order valence-corrected chi connectivity index (χ4v) is 1.15. The summed E-state index contributed by atoms with van der Waals surface area (Å²) in [4.78, 5) is 0. The van der Waals surface area contributed by atoms with E-state index in [9.17, 15) is 0 Å². The van der Waals surface area contributed by atoms with Crippen molar-refractivity contribution < 1.29 is 43.5 Å². The maximum Gasteiger partial charge on any atom is 1.00 e. The Labute approximate surface area is 129 Å². The van der Waals surface area contributed by atoms with Gasteiger partial charge in [-0.25, -0.2) is 0 Å². The van der Waals surface area contributed by atoms with Crippen LogP contribution in [0.4, 0.5) is 0 Å². The third-order valence-corrected chi connectivity index (χ3v) is 1.65. The van der Waals surface area contributed by atoms with Crippen LogP contribution < -0.4 is 29.6 Å². The zero-order valence-electron chi connectivity index (χ0n) is 13.4. The van der Waals surface area contributed by atoms with Crippen LogP contribution in [0.25, 0.3) is 0 Å². The summed E-state index contributed by atoms with van der Waals surface area (Å²) in [5.74, 6) is 0. The predicted octanol–water partition coefficient (Wildman–Crippen LogP) is 0.153. The Morgan fingerprint density at radius 1 is 0.529 bits per heavy atom. The maximum atomic E-state index is 5.83. The molecule has 0 bridgehead atoms. The van der Waals surface area contributed by atoms with Crippen LogP contribution in [0.5, 0.6) is 0 Å². The molecular weight excluding hydrogens is 226 g/mol. The summed E-state index contributed by atoms with van der Waals surface area (Å²) in [6.07, 6.45) is 0. The second kappa shape index (κ2) is 6.92. The molecule has 0 fully saturated rings. The molecule has 0 aromatic carbocycles. The molecule has 0 aromatic heterocycles. The van der Waals surface area contributed by atoms with Crippen molar-refractivity contribution in [1.82, 2.24) is 0 Å². The predicted molar refractivity (Wildman–Crippen MR) is 69.7 cm³/mol. The van der Waals surface area contributed by atoms with E-state index < -0.39 is 7.32 Å². The van der Waals surface area contributed by atoms with E-state index in [1.807, 2.05) is 62.3 Å². The van der Waals surface area contributed by atoms with Crippen molar-refractivity contribution in [3.63, 3.8) is 0 Å². The van der Waals surface area contributed by atoms with Crippen LogP contribution in [-0.4, -0.2) is 24.1 Å². The first-order chi connectivity index (χ1) is 6.79. The zero-order valence-corrected chi connectivity index (χ0v) is 15.4. The molecule has 98 valence electrons. The molecule has 0 unspecified atom stereocenters. The SMILES string of the molecule is CC(C)(C)O[BH-](OC(C)(C)C)OC(C)(C)C.[Na+]. The van der Waals surface area contributed by atoms with E-state index in [-0.39, 0.29) is 46.4 Å². The Bertz CT molecular complexity index is 175. The van der Waals surface area contributed by atoms with Crippen LogP contribution in [0.1, 0.15) is 62.3 Å². The van der Waals surface area contributed by atoms with Gasteiger partial charge in [-0.15, -0.1) is 0 Å². The molecule has 0 amide bonds. The van der Waals surface area contributed by atoms with E-state index >= 15 is 0 Å². The van der Waals surface area contributed by atoms with E-state index in [0.717, 1.165) is 0 Å². The molecule has 5 heteroatoms. The first kappa shape index (κ1) is 20.3. The van der Waals surface area contributed by atoms with Crippen molar-refractivity contribution in [2.75, 3.05) is 0 Å². The molecule has 0 atom stereocenters. The van der Waals surface area contributed by atoms with Gasteiger partial charge < -0.3 is 14.0 Å². The van der Waals surface area contributed by atoms with Crippen molar-refractivity contribution in [3.8, 4) is 0 Å². The smallest absolute Gasteiger partial charge is 0.543 e. The van der Waals surface area contributed by atoms with Gasteiger partial charge in [-0.1, -0.05) is 0 Å². The number of hydrogen-bond donors (Lipinski definition) is 0. The van der Waals surface area contributed by atoms with Crippen LogP contribution in [0, 0.1) is 0 Å². The molecule has 0 saturated carbocycles. The summed E-state index contributed by atoms with van der Waals surface area (Å²) in [7, 11) is -1.52. The topological polar surface area (TPSA) is 27.7 Å². The van der Waals surface area contributed by atoms with E-state index in [1.165, 1.54) is 0 Å². The normalized spacial score (nSPS) is 13.8. The van der Waals surface area contributed by atoms with Crippen LogP contribution in [0.3, 0.4) is 0 Å². The summed E-state index contributed by atoms with van der Waals surface area (Å²) in [5.41, 5.74) is -0.760. The molecular formula is C12H28BNaO3. The van der Waals surface area contributed by atoms with Gasteiger partial charge in [0, 0.05) is 16.8 Å². The van der Waals surface area contributed by atoms with Gasteiger partial charge in [0.05, 0.1) is 0 Å². The van der Waals surface area contributed by atoms with Crippen LogP contribution in [0.2, 0.25) is 0 Å². The average molecular weight is 254 g/mol. The molecule has 0 aliphatic rings. The van der Waals surface area contributed by atoms with Crippen molar-refractivity contribution in [2.24, 2.45) is 0 Å². The number of hydrogen-bond acceptors (Lipinski definition) is 3. The Hall–Kier alpha value is 0.945. The van der Waals surface area contributed by atoms with E-state index in [0.29, 0.717) is 0 Å². The van der Waals surface area contributed by atoms with Crippen LogP contribution in [-0.2, 0) is 14.0 Å². The standard InChI is InChI=1S/C12H28BO3.Na/c1-10(2,3)14-13(15-11(4,5)6)16-12(7,8)9;/h13H,1-9H3;/q-1;+1. The van der Waals surface area contributed by atoms with Crippen molar-refractivity contribution in [1.29, 1.82) is 0 Å². The second-order valence-electron chi connectivity index (χ2n) is 7.12. The molecule has 0 saturated heterocycles. The van der Waals surface area contributed by atoms with Gasteiger partial charge in [-0.05, 0) is 62.3 Å². The third kappa shape index (κ3) is 14.9. The summed E-state index contributed by atoms with van der Waals surface area (Å²) in [6.45, 7) is 18.0. The average Bonchev–Trinajstić information content (AvgIpc) is 1.70. The molecule has 0 heterocycles. The van der Waals surface area contributed by atoms with Gasteiger partial charge in [-0.3, -0.25) is 0 Å². The molecule has 0 aliphatic carbocycles. The Morgan fingerprint density at radius 3 is 0.824 bits per heavy atom. The quantitative estimate of drug-likeness (QED) is 0.671. The molecule has 0 rings (SSSR count). The van der Waals surface area contributed by atoms with Gasteiger partial charge in [0.15, 0.2) is 0 Å². The van der Waals surface area contributed by atoms with Crippen molar-refractivity contribution in [2.45, 2.75) is 79.1 Å². The Morgan fingerprint density at radius 2 is 0.706 bits per heavy atom. The van der Waals surface area contributed by atoms with Gasteiger partial charge in [-0.2, -0.15) is 0 Å². The summed E-state index contributed by atoms with van der Waals surface area (Å²) < 4.78 is 17.5. The molecule has 0 radical (unpaired) electrons. The molecule has 0 aromatic rings. The Balaban J connectivity index is 0. The molecule has 0 spiro atoms. The second-order valence-corrected chi connectivity index (χ2v) is 7.12. The fraction of sp³-hybridized carbons (Fsp3) is 1.00. The minimum Gasteiger partial charge on any atom is -0.543 e.